The molecule has 1 aliphatic carbocycles. The van der Waals surface area contributed by atoms with Crippen LogP contribution in [0.2, 0.25) is 0 Å². The molecular formula is C15H22N4. The van der Waals surface area contributed by atoms with Crippen molar-refractivity contribution in [3.8, 4) is 6.07 Å². The Morgan fingerprint density at radius 2 is 2.26 bits per heavy atom. The zero-order valence-corrected chi connectivity index (χ0v) is 11.3. The molecule has 1 heterocycles. The average Bonchev–Trinajstić information content (AvgIpc) is 2.45. The molecule has 2 unspecified atom stereocenters. The number of hydrogen-bond acceptors (Lipinski definition) is 4. The molecule has 0 aromatic carbocycles. The monoisotopic (exact) mass is 258 g/mol. The van der Waals surface area contributed by atoms with Crippen LogP contribution >= 0.6 is 0 Å². The maximum atomic E-state index is 8.83. The number of hydrogen-bond donors (Lipinski definition) is 1. The Kier molecular flexibility index (Phi) is 5.31. The molecule has 2 rings (SSSR count). The first-order valence-corrected chi connectivity index (χ1v) is 7.06. The first kappa shape index (κ1) is 14.0. The SMILES string of the molecule is N#CCCN(Cc1cccnc1)C1CCCCC1N. The maximum Gasteiger partial charge on any atom is 0.0635 e. The van der Waals surface area contributed by atoms with Crippen molar-refractivity contribution < 1.29 is 0 Å². The summed E-state index contributed by atoms with van der Waals surface area (Å²) in [6.07, 6.45) is 8.96. The van der Waals surface area contributed by atoms with Crippen molar-refractivity contribution in [2.75, 3.05) is 6.54 Å². The Morgan fingerprint density at radius 1 is 1.42 bits per heavy atom. The van der Waals surface area contributed by atoms with Gasteiger partial charge in [-0.1, -0.05) is 18.9 Å². The standard InChI is InChI=1S/C15H22N4/c16-8-4-10-19(12-13-5-3-9-18-11-13)15-7-2-1-6-14(15)17/h3,5,9,11,14-15H,1-2,4,6-7,10,12,17H2. The van der Waals surface area contributed by atoms with Gasteiger partial charge in [-0.2, -0.15) is 5.26 Å². The van der Waals surface area contributed by atoms with E-state index < -0.39 is 0 Å². The summed E-state index contributed by atoms with van der Waals surface area (Å²) >= 11 is 0. The van der Waals surface area contributed by atoms with Gasteiger partial charge in [0, 0.05) is 44.0 Å². The lowest BCUT2D eigenvalue weighted by atomic mass is 9.89. The predicted octanol–water partition coefficient (Wildman–Crippen LogP) is 2.07. The maximum absolute atomic E-state index is 8.83. The molecule has 19 heavy (non-hydrogen) atoms. The van der Waals surface area contributed by atoms with Gasteiger partial charge < -0.3 is 5.73 Å². The molecule has 0 bridgehead atoms. The smallest absolute Gasteiger partial charge is 0.0635 e. The fourth-order valence-corrected chi connectivity index (χ4v) is 2.88. The molecule has 1 aliphatic rings. The highest BCUT2D eigenvalue weighted by Crippen LogP contribution is 2.23. The van der Waals surface area contributed by atoms with Crippen LogP contribution in [-0.2, 0) is 6.54 Å². The molecule has 4 heteroatoms. The number of nitrogens with two attached hydrogens (primary N) is 1. The predicted molar refractivity (Wildman–Crippen MR) is 75.1 cm³/mol. The van der Waals surface area contributed by atoms with Crippen LogP contribution in [0.15, 0.2) is 24.5 Å². The van der Waals surface area contributed by atoms with E-state index in [-0.39, 0.29) is 6.04 Å². The van der Waals surface area contributed by atoms with Gasteiger partial charge in [0.05, 0.1) is 6.07 Å². The van der Waals surface area contributed by atoms with Gasteiger partial charge in [-0.25, -0.2) is 0 Å². The first-order chi connectivity index (χ1) is 9.31. The third-order valence-corrected chi connectivity index (χ3v) is 3.87. The van der Waals surface area contributed by atoms with E-state index in [0.29, 0.717) is 12.5 Å². The first-order valence-electron chi connectivity index (χ1n) is 7.06. The quantitative estimate of drug-likeness (QED) is 0.878. The van der Waals surface area contributed by atoms with Gasteiger partial charge >= 0.3 is 0 Å². The molecule has 2 atom stereocenters. The second-order valence-corrected chi connectivity index (χ2v) is 5.26. The fraction of sp³-hybridized carbons (Fsp3) is 0.600. The minimum atomic E-state index is 0.240. The molecule has 0 amide bonds. The number of pyridine rings is 1. The molecule has 2 N–H and O–H groups in total. The Bertz CT molecular complexity index is 412. The van der Waals surface area contributed by atoms with E-state index in [0.717, 1.165) is 25.9 Å². The van der Waals surface area contributed by atoms with Gasteiger partial charge in [0.2, 0.25) is 0 Å². The third-order valence-electron chi connectivity index (χ3n) is 3.87. The second-order valence-electron chi connectivity index (χ2n) is 5.26. The van der Waals surface area contributed by atoms with Crippen molar-refractivity contribution in [1.29, 1.82) is 5.26 Å². The third kappa shape index (κ3) is 4.02. The van der Waals surface area contributed by atoms with Crippen molar-refractivity contribution in [3.05, 3.63) is 30.1 Å². The molecule has 1 fully saturated rings. The van der Waals surface area contributed by atoms with Crippen LogP contribution in [0.25, 0.3) is 0 Å². The molecule has 1 aromatic heterocycles. The van der Waals surface area contributed by atoms with Gasteiger partial charge in [-0.05, 0) is 24.5 Å². The highest BCUT2D eigenvalue weighted by atomic mass is 15.2. The van der Waals surface area contributed by atoms with Gasteiger partial charge in [-0.3, -0.25) is 9.88 Å². The Hall–Kier alpha value is -1.44. The molecule has 0 radical (unpaired) electrons. The van der Waals surface area contributed by atoms with Crippen LogP contribution in [0.4, 0.5) is 0 Å². The van der Waals surface area contributed by atoms with Crippen LogP contribution in [-0.4, -0.2) is 28.5 Å². The largest absolute Gasteiger partial charge is 0.326 e. The van der Waals surface area contributed by atoms with Gasteiger partial charge in [0.15, 0.2) is 0 Å². The lowest BCUT2D eigenvalue weighted by molar-refractivity contribution is 0.132. The van der Waals surface area contributed by atoms with Crippen LogP contribution < -0.4 is 5.73 Å². The summed E-state index contributed by atoms with van der Waals surface area (Å²) < 4.78 is 0. The Labute approximate surface area is 115 Å². The Balaban J connectivity index is 2.04. The zero-order chi connectivity index (χ0) is 13.5. The molecule has 1 saturated carbocycles. The molecule has 0 spiro atoms. The summed E-state index contributed by atoms with van der Waals surface area (Å²) in [5.41, 5.74) is 7.46. The van der Waals surface area contributed by atoms with Gasteiger partial charge in [-0.15, -0.1) is 0 Å². The van der Waals surface area contributed by atoms with Crippen LogP contribution in [0.1, 0.15) is 37.7 Å². The summed E-state index contributed by atoms with van der Waals surface area (Å²) in [7, 11) is 0. The van der Waals surface area contributed by atoms with E-state index >= 15 is 0 Å². The second kappa shape index (κ2) is 7.22. The highest BCUT2D eigenvalue weighted by Gasteiger charge is 2.27. The molecule has 102 valence electrons. The molecule has 0 aliphatic heterocycles. The Morgan fingerprint density at radius 3 is 2.95 bits per heavy atom. The van der Waals surface area contributed by atoms with Gasteiger partial charge in [0.25, 0.3) is 0 Å². The summed E-state index contributed by atoms with van der Waals surface area (Å²) in [6.45, 7) is 1.64. The summed E-state index contributed by atoms with van der Waals surface area (Å²) in [5.74, 6) is 0. The normalized spacial score (nSPS) is 23.2. The number of nitrogens with zero attached hydrogens (tertiary/aromatic N) is 3. The number of nitriles is 1. The average molecular weight is 258 g/mol. The van der Waals surface area contributed by atoms with Crippen LogP contribution in [0.3, 0.4) is 0 Å². The number of rotatable bonds is 5. The van der Waals surface area contributed by atoms with E-state index in [1.807, 2.05) is 12.3 Å². The fourth-order valence-electron chi connectivity index (χ4n) is 2.88. The minimum Gasteiger partial charge on any atom is -0.326 e. The lowest BCUT2D eigenvalue weighted by Crippen LogP contribution is -2.49. The highest BCUT2D eigenvalue weighted by molar-refractivity contribution is 5.09. The summed E-state index contributed by atoms with van der Waals surface area (Å²) in [4.78, 5) is 6.52. The molecule has 4 nitrogen and oxygen atoms in total. The van der Waals surface area contributed by atoms with E-state index in [1.54, 1.807) is 6.20 Å². The van der Waals surface area contributed by atoms with E-state index in [4.69, 9.17) is 11.0 Å². The van der Waals surface area contributed by atoms with Crippen molar-refractivity contribution in [1.82, 2.24) is 9.88 Å². The van der Waals surface area contributed by atoms with E-state index in [9.17, 15) is 0 Å². The van der Waals surface area contributed by atoms with Crippen molar-refractivity contribution >= 4 is 0 Å². The summed E-state index contributed by atoms with van der Waals surface area (Å²) in [6, 6.07) is 6.93. The van der Waals surface area contributed by atoms with Crippen molar-refractivity contribution in [2.24, 2.45) is 5.73 Å². The molecule has 0 saturated heterocycles. The summed E-state index contributed by atoms with van der Waals surface area (Å²) in [5, 5.41) is 8.83. The topological polar surface area (TPSA) is 65.9 Å². The van der Waals surface area contributed by atoms with E-state index in [2.05, 4.69) is 22.0 Å². The van der Waals surface area contributed by atoms with Gasteiger partial charge in [0.1, 0.15) is 0 Å². The van der Waals surface area contributed by atoms with E-state index in [1.165, 1.54) is 18.4 Å². The minimum absolute atomic E-state index is 0.240. The lowest BCUT2D eigenvalue weighted by Gasteiger charge is -2.38. The van der Waals surface area contributed by atoms with Crippen molar-refractivity contribution in [2.45, 2.75) is 50.7 Å². The van der Waals surface area contributed by atoms with Crippen molar-refractivity contribution in [3.63, 3.8) is 0 Å². The number of aromatic nitrogens is 1. The molecular weight excluding hydrogens is 236 g/mol. The van der Waals surface area contributed by atoms with Crippen LogP contribution in [0, 0.1) is 11.3 Å². The van der Waals surface area contributed by atoms with Crippen LogP contribution in [0.5, 0.6) is 0 Å². The molecule has 1 aromatic rings. The zero-order valence-electron chi connectivity index (χ0n) is 11.3.